The monoisotopic (exact) mass is 414 g/mol. The van der Waals surface area contributed by atoms with E-state index in [0.29, 0.717) is 19.4 Å². The number of carbonyl (C=O) groups excluding carboxylic acids is 2. The van der Waals surface area contributed by atoms with Crippen molar-refractivity contribution in [3.8, 4) is 5.75 Å². The molecule has 1 aromatic rings. The number of nitrogens with one attached hydrogen (secondary N) is 1. The van der Waals surface area contributed by atoms with Crippen molar-refractivity contribution in [2.75, 3.05) is 19.7 Å². The number of ether oxygens (including phenoxy) is 1. The summed E-state index contributed by atoms with van der Waals surface area (Å²) in [5, 5.41) is 3.20. The van der Waals surface area contributed by atoms with Gasteiger partial charge in [-0.2, -0.15) is 0 Å². The Morgan fingerprint density at radius 2 is 1.77 bits per heavy atom. The molecule has 2 amide bonds. The van der Waals surface area contributed by atoms with Crippen molar-refractivity contribution in [1.82, 2.24) is 10.2 Å². The van der Waals surface area contributed by atoms with Crippen molar-refractivity contribution in [3.63, 3.8) is 0 Å². The summed E-state index contributed by atoms with van der Waals surface area (Å²) in [5.74, 6) is 2.04. The van der Waals surface area contributed by atoms with Gasteiger partial charge in [0.15, 0.2) is 0 Å². The van der Waals surface area contributed by atoms with E-state index in [0.717, 1.165) is 56.0 Å². The Morgan fingerprint density at radius 1 is 1.03 bits per heavy atom. The number of aryl methyl sites for hydroxylation is 1. The maximum Gasteiger partial charge on any atom is 0.222 e. The van der Waals surface area contributed by atoms with E-state index in [1.165, 1.54) is 32.1 Å². The summed E-state index contributed by atoms with van der Waals surface area (Å²) >= 11 is 0. The highest BCUT2D eigenvalue weighted by Gasteiger charge is 2.24. The number of benzene rings is 1. The second-order valence-corrected chi connectivity index (χ2v) is 8.98. The molecule has 5 heteroatoms. The highest BCUT2D eigenvalue weighted by atomic mass is 16.5. The maximum absolute atomic E-state index is 12.5. The first-order valence-electron chi connectivity index (χ1n) is 11.9. The number of hydrogen-bond acceptors (Lipinski definition) is 3. The van der Waals surface area contributed by atoms with Gasteiger partial charge in [0.2, 0.25) is 11.8 Å². The van der Waals surface area contributed by atoms with Crippen LogP contribution in [0.5, 0.6) is 5.75 Å². The van der Waals surface area contributed by atoms with Gasteiger partial charge >= 0.3 is 0 Å². The number of carbonyl (C=O) groups is 2. The molecule has 2 aliphatic rings. The molecule has 0 radical (unpaired) electrons. The van der Waals surface area contributed by atoms with E-state index >= 15 is 0 Å². The number of amides is 2. The molecule has 0 atom stereocenters. The summed E-state index contributed by atoms with van der Waals surface area (Å²) in [4.78, 5) is 26.7. The van der Waals surface area contributed by atoms with Crippen molar-refractivity contribution in [2.24, 2.45) is 5.92 Å². The van der Waals surface area contributed by atoms with Crippen molar-refractivity contribution in [3.05, 3.63) is 29.8 Å². The molecule has 1 aliphatic heterocycles. The maximum atomic E-state index is 12.5. The van der Waals surface area contributed by atoms with Crippen LogP contribution < -0.4 is 10.1 Å². The lowest BCUT2D eigenvalue weighted by Crippen LogP contribution is -2.46. The third kappa shape index (κ3) is 7.33. The third-order valence-corrected chi connectivity index (χ3v) is 6.60. The summed E-state index contributed by atoms with van der Waals surface area (Å²) in [6.45, 7) is 4.07. The van der Waals surface area contributed by atoms with E-state index < -0.39 is 0 Å². The average Bonchev–Trinajstić information content (AvgIpc) is 2.77. The predicted octanol–water partition coefficient (Wildman–Crippen LogP) is 4.62. The van der Waals surface area contributed by atoms with Gasteiger partial charge < -0.3 is 15.0 Å². The fourth-order valence-electron chi connectivity index (χ4n) is 4.67. The van der Waals surface area contributed by atoms with Crippen LogP contribution in [0.2, 0.25) is 0 Å². The van der Waals surface area contributed by atoms with Gasteiger partial charge in [-0.15, -0.1) is 0 Å². The second kappa shape index (κ2) is 12.0. The molecular weight excluding hydrogens is 376 g/mol. The molecule has 0 spiro atoms. The molecule has 1 saturated heterocycles. The van der Waals surface area contributed by atoms with Gasteiger partial charge in [0.25, 0.3) is 0 Å². The van der Waals surface area contributed by atoms with Gasteiger partial charge in [-0.3, -0.25) is 9.59 Å². The molecule has 30 heavy (non-hydrogen) atoms. The summed E-state index contributed by atoms with van der Waals surface area (Å²) in [5.41, 5.74) is 1.12. The van der Waals surface area contributed by atoms with Crippen LogP contribution in [0.3, 0.4) is 0 Å². The number of piperidine rings is 1. The molecule has 1 saturated carbocycles. The van der Waals surface area contributed by atoms with Gasteiger partial charge in [-0.1, -0.05) is 50.3 Å². The molecule has 5 nitrogen and oxygen atoms in total. The number of para-hydroxylation sites is 1. The SMILES string of the molecule is Cc1ccccc1OCCCC(=O)N1CCC(NC(=O)CCC2CCCCC2)CC1. The van der Waals surface area contributed by atoms with Crippen molar-refractivity contribution in [1.29, 1.82) is 0 Å². The quantitative estimate of drug-likeness (QED) is 0.600. The Kier molecular flexibility index (Phi) is 9.03. The molecule has 2 fully saturated rings. The van der Waals surface area contributed by atoms with Gasteiger partial charge in [0.1, 0.15) is 5.75 Å². The van der Waals surface area contributed by atoms with E-state index in [-0.39, 0.29) is 17.9 Å². The first-order chi connectivity index (χ1) is 14.6. The van der Waals surface area contributed by atoms with E-state index in [1.807, 2.05) is 36.1 Å². The molecule has 1 aliphatic carbocycles. The van der Waals surface area contributed by atoms with Crippen LogP contribution in [0, 0.1) is 12.8 Å². The van der Waals surface area contributed by atoms with Crippen LogP contribution in [-0.4, -0.2) is 42.5 Å². The average molecular weight is 415 g/mol. The largest absolute Gasteiger partial charge is 0.493 e. The number of hydrogen-bond donors (Lipinski definition) is 1. The smallest absolute Gasteiger partial charge is 0.222 e. The predicted molar refractivity (Wildman–Crippen MR) is 119 cm³/mol. The summed E-state index contributed by atoms with van der Waals surface area (Å²) in [7, 11) is 0. The first kappa shape index (κ1) is 22.6. The van der Waals surface area contributed by atoms with Crippen LogP contribution in [-0.2, 0) is 9.59 Å². The van der Waals surface area contributed by atoms with Crippen LogP contribution in [0.25, 0.3) is 0 Å². The number of nitrogens with zero attached hydrogens (tertiary/aromatic N) is 1. The molecule has 0 unspecified atom stereocenters. The fourth-order valence-corrected chi connectivity index (χ4v) is 4.67. The van der Waals surface area contributed by atoms with Crippen LogP contribution in [0.15, 0.2) is 24.3 Å². The lowest BCUT2D eigenvalue weighted by atomic mass is 9.86. The normalized spacial score (nSPS) is 18.2. The number of rotatable bonds is 9. The summed E-state index contributed by atoms with van der Waals surface area (Å²) in [6.07, 6.45) is 11.3. The minimum atomic E-state index is 0.193. The van der Waals surface area contributed by atoms with Gasteiger partial charge in [-0.25, -0.2) is 0 Å². The zero-order valence-electron chi connectivity index (χ0n) is 18.5. The lowest BCUT2D eigenvalue weighted by Gasteiger charge is -2.32. The van der Waals surface area contributed by atoms with Gasteiger partial charge in [0.05, 0.1) is 6.61 Å². The van der Waals surface area contributed by atoms with Crippen molar-refractivity contribution < 1.29 is 14.3 Å². The Bertz CT molecular complexity index is 677. The number of likely N-dealkylation sites (tertiary alicyclic amines) is 1. The summed E-state index contributed by atoms with van der Waals surface area (Å²) in [6, 6.07) is 8.17. The molecule has 1 N–H and O–H groups in total. The highest BCUT2D eigenvalue weighted by Crippen LogP contribution is 2.27. The van der Waals surface area contributed by atoms with E-state index in [9.17, 15) is 9.59 Å². The molecule has 3 rings (SSSR count). The Labute approximate surface area is 181 Å². The van der Waals surface area contributed by atoms with Crippen LogP contribution in [0.1, 0.15) is 76.2 Å². The highest BCUT2D eigenvalue weighted by molar-refractivity contribution is 5.77. The Morgan fingerprint density at radius 3 is 2.50 bits per heavy atom. The molecule has 0 aromatic heterocycles. The Hall–Kier alpha value is -2.04. The van der Waals surface area contributed by atoms with Crippen LogP contribution in [0.4, 0.5) is 0 Å². The minimum absolute atomic E-state index is 0.193. The van der Waals surface area contributed by atoms with Crippen molar-refractivity contribution in [2.45, 2.75) is 83.6 Å². The summed E-state index contributed by atoms with van der Waals surface area (Å²) < 4.78 is 5.78. The van der Waals surface area contributed by atoms with Gasteiger partial charge in [0, 0.05) is 32.0 Å². The molecule has 0 bridgehead atoms. The Balaban J connectivity index is 1.26. The third-order valence-electron chi connectivity index (χ3n) is 6.60. The lowest BCUT2D eigenvalue weighted by molar-refractivity contribution is -0.132. The topological polar surface area (TPSA) is 58.6 Å². The van der Waals surface area contributed by atoms with E-state index in [2.05, 4.69) is 5.32 Å². The zero-order chi connectivity index (χ0) is 21.2. The fraction of sp³-hybridized carbons (Fsp3) is 0.680. The van der Waals surface area contributed by atoms with Crippen molar-refractivity contribution >= 4 is 11.8 Å². The molecule has 1 heterocycles. The van der Waals surface area contributed by atoms with E-state index in [4.69, 9.17) is 4.74 Å². The minimum Gasteiger partial charge on any atom is -0.493 e. The van der Waals surface area contributed by atoms with Gasteiger partial charge in [-0.05, 0) is 50.2 Å². The zero-order valence-corrected chi connectivity index (χ0v) is 18.5. The standard InChI is InChI=1S/C25H38N2O3/c1-20-8-5-6-11-23(20)30-19-7-12-25(29)27-17-15-22(16-18-27)26-24(28)14-13-21-9-3-2-4-10-21/h5-6,8,11,21-22H,2-4,7,9-10,12-19H2,1H3,(H,26,28). The molecular formula is C25H38N2O3. The van der Waals surface area contributed by atoms with Crippen LogP contribution >= 0.6 is 0 Å². The first-order valence-corrected chi connectivity index (χ1v) is 11.9. The molecule has 1 aromatic carbocycles. The molecule has 166 valence electrons. The van der Waals surface area contributed by atoms with E-state index in [1.54, 1.807) is 0 Å². The second-order valence-electron chi connectivity index (χ2n) is 8.98.